The second kappa shape index (κ2) is 8.68. The first-order valence-electron chi connectivity index (χ1n) is 11.1. The molecule has 0 spiro atoms. The van der Waals surface area contributed by atoms with E-state index in [0.717, 1.165) is 55.9 Å². The molecular weight excluding hydrogens is 436 g/mol. The topological polar surface area (TPSA) is 52.0 Å². The molecule has 5 nitrogen and oxygen atoms in total. The summed E-state index contributed by atoms with van der Waals surface area (Å²) in [6, 6.07) is 2.29. The molecule has 3 aliphatic rings. The number of nitrogens with zero attached hydrogens (tertiary/aromatic N) is 4. The summed E-state index contributed by atoms with van der Waals surface area (Å²) in [6.07, 6.45) is 0.907. The third kappa shape index (κ3) is 4.36. The van der Waals surface area contributed by atoms with Gasteiger partial charge >= 0.3 is 6.18 Å². The minimum Gasteiger partial charge on any atom is -0.384 e. The van der Waals surface area contributed by atoms with Gasteiger partial charge in [-0.2, -0.15) is 13.2 Å². The zero-order chi connectivity index (χ0) is 24.0. The van der Waals surface area contributed by atoms with E-state index in [4.69, 9.17) is 0 Å². The van der Waals surface area contributed by atoms with Gasteiger partial charge in [-0.05, 0) is 39.3 Å². The van der Waals surface area contributed by atoms with E-state index < -0.39 is 24.1 Å². The van der Waals surface area contributed by atoms with Gasteiger partial charge < -0.3 is 10.0 Å². The standard InChI is InChI=1S/C24H28F4N4O/c1-4-17(12-25)30-22-15(2)32(19-9-11-31-10-5-6-18(31)21(19)22)14-23(3,33)16-7-8-20(29-13-16)24(26,27)28/h4,7-8,13,18,33H,2,5-6,9-12,14H2,1,3H3/b17-4-,30-22+. The third-order valence-corrected chi connectivity index (χ3v) is 6.69. The van der Waals surface area contributed by atoms with Gasteiger partial charge in [0.2, 0.25) is 0 Å². The van der Waals surface area contributed by atoms with Crippen LogP contribution in [0.2, 0.25) is 0 Å². The monoisotopic (exact) mass is 464 g/mol. The number of fused-ring (bicyclic) bond motifs is 2. The maximum Gasteiger partial charge on any atom is 0.433 e. The predicted molar refractivity (Wildman–Crippen MR) is 118 cm³/mol. The average molecular weight is 465 g/mol. The minimum atomic E-state index is -4.55. The molecule has 178 valence electrons. The van der Waals surface area contributed by atoms with Crippen LogP contribution in [0.4, 0.5) is 17.6 Å². The number of aliphatic imine (C=N–C) groups is 1. The lowest BCUT2D eigenvalue weighted by molar-refractivity contribution is -0.141. The zero-order valence-electron chi connectivity index (χ0n) is 18.8. The molecule has 0 radical (unpaired) electrons. The molecule has 2 unspecified atom stereocenters. The Morgan fingerprint density at radius 3 is 2.70 bits per heavy atom. The maximum absolute atomic E-state index is 13.5. The van der Waals surface area contributed by atoms with Crippen LogP contribution >= 0.6 is 0 Å². The number of halogens is 4. The van der Waals surface area contributed by atoms with Crippen LogP contribution in [0.25, 0.3) is 0 Å². The Hall–Kier alpha value is -2.52. The molecule has 3 aliphatic heterocycles. The van der Waals surface area contributed by atoms with E-state index in [1.807, 2.05) is 4.90 Å². The lowest BCUT2D eigenvalue weighted by atomic mass is 9.94. The van der Waals surface area contributed by atoms with E-state index in [1.54, 1.807) is 19.9 Å². The van der Waals surface area contributed by atoms with Gasteiger partial charge in [0.1, 0.15) is 18.0 Å². The summed E-state index contributed by atoms with van der Waals surface area (Å²) < 4.78 is 52.1. The molecule has 0 bridgehead atoms. The second-order valence-corrected chi connectivity index (χ2v) is 8.91. The number of hydrogen-bond acceptors (Lipinski definition) is 5. The van der Waals surface area contributed by atoms with Crippen molar-refractivity contribution in [3.8, 4) is 0 Å². The van der Waals surface area contributed by atoms with E-state index >= 15 is 0 Å². The Morgan fingerprint density at radius 1 is 1.33 bits per heavy atom. The lowest BCUT2D eigenvalue weighted by Crippen LogP contribution is -2.40. The molecule has 4 rings (SSSR count). The van der Waals surface area contributed by atoms with Crippen LogP contribution in [-0.4, -0.2) is 58.0 Å². The molecule has 1 aromatic rings. The molecule has 1 saturated heterocycles. The van der Waals surface area contributed by atoms with Crippen molar-refractivity contribution in [3.63, 3.8) is 0 Å². The van der Waals surface area contributed by atoms with E-state index in [9.17, 15) is 22.7 Å². The molecule has 33 heavy (non-hydrogen) atoms. The van der Waals surface area contributed by atoms with Crippen LogP contribution < -0.4 is 0 Å². The molecule has 1 N–H and O–H groups in total. The molecule has 0 amide bonds. The molecule has 1 fully saturated rings. The molecule has 4 heterocycles. The van der Waals surface area contributed by atoms with Crippen LogP contribution in [0, 0.1) is 0 Å². The molecule has 1 aromatic heterocycles. The Labute approximate surface area is 190 Å². The lowest BCUT2D eigenvalue weighted by Gasteiger charge is -2.36. The summed E-state index contributed by atoms with van der Waals surface area (Å²) in [4.78, 5) is 12.4. The highest BCUT2D eigenvalue weighted by molar-refractivity contribution is 6.16. The van der Waals surface area contributed by atoms with E-state index in [2.05, 4.69) is 21.5 Å². The van der Waals surface area contributed by atoms with Crippen molar-refractivity contribution >= 4 is 5.71 Å². The fourth-order valence-corrected chi connectivity index (χ4v) is 4.93. The summed E-state index contributed by atoms with van der Waals surface area (Å²) in [7, 11) is 0. The van der Waals surface area contributed by atoms with Gasteiger partial charge in [-0.15, -0.1) is 0 Å². The molecule has 0 aromatic carbocycles. The number of aliphatic hydroxyl groups is 1. The Balaban J connectivity index is 1.69. The van der Waals surface area contributed by atoms with Crippen molar-refractivity contribution in [2.45, 2.75) is 50.9 Å². The molecule has 2 atom stereocenters. The average Bonchev–Trinajstić information content (AvgIpc) is 3.35. The zero-order valence-corrected chi connectivity index (χ0v) is 18.8. The van der Waals surface area contributed by atoms with Gasteiger partial charge in [-0.25, -0.2) is 9.38 Å². The van der Waals surface area contributed by atoms with E-state index in [-0.39, 0.29) is 18.2 Å². The summed E-state index contributed by atoms with van der Waals surface area (Å²) >= 11 is 0. The first-order chi connectivity index (χ1) is 15.6. The first kappa shape index (κ1) is 23.6. The number of alkyl halides is 4. The van der Waals surface area contributed by atoms with Gasteiger partial charge in [0.25, 0.3) is 0 Å². The molecule has 0 aliphatic carbocycles. The number of rotatable bonds is 5. The van der Waals surface area contributed by atoms with Gasteiger partial charge in [-0.1, -0.05) is 18.7 Å². The van der Waals surface area contributed by atoms with Crippen molar-refractivity contribution in [2.24, 2.45) is 4.99 Å². The Kier molecular flexibility index (Phi) is 6.22. The van der Waals surface area contributed by atoms with Crippen LogP contribution in [0.3, 0.4) is 0 Å². The normalized spacial score (nSPS) is 25.0. The van der Waals surface area contributed by atoms with Crippen molar-refractivity contribution < 1.29 is 22.7 Å². The van der Waals surface area contributed by atoms with Crippen molar-refractivity contribution in [3.05, 3.63) is 64.9 Å². The van der Waals surface area contributed by atoms with Gasteiger partial charge in [-0.3, -0.25) is 9.88 Å². The fourth-order valence-electron chi connectivity index (χ4n) is 4.93. The fraction of sp³-hybridized carbons (Fsp3) is 0.500. The highest BCUT2D eigenvalue weighted by atomic mass is 19.4. The number of pyridine rings is 1. The summed E-state index contributed by atoms with van der Waals surface area (Å²) in [5, 5.41) is 11.2. The van der Waals surface area contributed by atoms with E-state index in [1.165, 1.54) is 6.07 Å². The molecular formula is C24H28F4N4O. The highest BCUT2D eigenvalue weighted by Crippen LogP contribution is 2.43. The predicted octanol–water partition coefficient (Wildman–Crippen LogP) is 4.57. The van der Waals surface area contributed by atoms with Crippen molar-refractivity contribution in [1.29, 1.82) is 0 Å². The Bertz CT molecular complexity index is 1020. The SMILES string of the molecule is C=C1/C(=N\C(=C/C)CF)C2=C(CCN3CCCC23)N1CC(C)(O)c1ccc(C(F)(F)F)nc1. The first-order valence-corrected chi connectivity index (χ1v) is 11.1. The highest BCUT2D eigenvalue weighted by Gasteiger charge is 2.44. The van der Waals surface area contributed by atoms with Gasteiger partial charge in [0.15, 0.2) is 0 Å². The van der Waals surface area contributed by atoms with Crippen LogP contribution in [0.15, 0.2) is 58.6 Å². The third-order valence-electron chi connectivity index (χ3n) is 6.69. The number of β-amino-alcohol motifs (C(OH)–C–C–N with tert-alkyl or cyclic N) is 1. The van der Waals surface area contributed by atoms with Crippen LogP contribution in [0.5, 0.6) is 0 Å². The van der Waals surface area contributed by atoms with Crippen LogP contribution in [-0.2, 0) is 11.8 Å². The number of hydrogen-bond donors (Lipinski definition) is 1. The molecule has 9 heteroatoms. The maximum atomic E-state index is 13.5. The number of allylic oxidation sites excluding steroid dienone is 3. The summed E-state index contributed by atoms with van der Waals surface area (Å²) in [5.41, 5.74) is 1.31. The van der Waals surface area contributed by atoms with Gasteiger partial charge in [0, 0.05) is 42.0 Å². The second-order valence-electron chi connectivity index (χ2n) is 8.91. The quantitative estimate of drug-likeness (QED) is 0.649. The summed E-state index contributed by atoms with van der Waals surface area (Å²) in [6.45, 7) is 8.73. The van der Waals surface area contributed by atoms with E-state index in [0.29, 0.717) is 17.1 Å². The van der Waals surface area contributed by atoms with Gasteiger partial charge in [0.05, 0.1) is 23.7 Å². The Morgan fingerprint density at radius 2 is 2.09 bits per heavy atom. The number of aromatic nitrogens is 1. The minimum absolute atomic E-state index is 0.0737. The van der Waals surface area contributed by atoms with Crippen LogP contribution in [0.1, 0.15) is 44.4 Å². The summed E-state index contributed by atoms with van der Waals surface area (Å²) in [5.74, 6) is 0. The van der Waals surface area contributed by atoms with Crippen molar-refractivity contribution in [1.82, 2.24) is 14.8 Å². The smallest absolute Gasteiger partial charge is 0.384 e. The largest absolute Gasteiger partial charge is 0.433 e. The molecule has 0 saturated carbocycles. The van der Waals surface area contributed by atoms with Crippen molar-refractivity contribution in [2.75, 3.05) is 26.3 Å².